The molecule has 0 radical (unpaired) electrons. The van der Waals surface area contributed by atoms with E-state index in [1.807, 2.05) is 72.8 Å². The minimum absolute atomic E-state index is 0.389. The Balaban J connectivity index is 1.90. The maximum Gasteiger partial charge on any atom is 0.344 e. The van der Waals surface area contributed by atoms with Crippen LogP contribution in [0.3, 0.4) is 0 Å². The molecule has 1 aromatic heterocycles. The van der Waals surface area contributed by atoms with Crippen molar-refractivity contribution in [3.05, 3.63) is 78.9 Å². The Morgan fingerprint density at radius 3 is 2.36 bits per heavy atom. The fraction of sp³-hybridized carbons (Fsp3) is 0.130. The molecule has 140 valence electrons. The second-order valence-corrected chi connectivity index (χ2v) is 6.48. The van der Waals surface area contributed by atoms with Crippen LogP contribution in [0.5, 0.6) is 5.75 Å². The first-order valence-corrected chi connectivity index (χ1v) is 9.20. The smallest absolute Gasteiger partial charge is 0.344 e. The molecule has 0 fully saturated rings. The van der Waals surface area contributed by atoms with E-state index in [0.29, 0.717) is 12.2 Å². The molecule has 1 heterocycles. The number of ether oxygens (including phenoxy) is 1. The van der Waals surface area contributed by atoms with Crippen LogP contribution >= 0.6 is 0 Å². The number of carboxylic acids is 1. The summed E-state index contributed by atoms with van der Waals surface area (Å²) in [6.07, 6.45) is -0.486. The molecule has 1 N–H and O–H groups in total. The minimum atomic E-state index is -0.968. The van der Waals surface area contributed by atoms with Crippen LogP contribution in [0.25, 0.3) is 28.1 Å². The van der Waals surface area contributed by atoms with Crippen LogP contribution in [0.4, 0.5) is 0 Å². The average Bonchev–Trinajstić information content (AvgIpc) is 3.12. The highest BCUT2D eigenvalue weighted by atomic mass is 16.5. The van der Waals surface area contributed by atoms with E-state index in [-0.39, 0.29) is 0 Å². The van der Waals surface area contributed by atoms with E-state index >= 15 is 0 Å². The summed E-state index contributed by atoms with van der Waals surface area (Å²) in [5.74, 6) is 0.367. The molecule has 4 aromatic rings. The highest BCUT2D eigenvalue weighted by Crippen LogP contribution is 2.31. The minimum Gasteiger partial charge on any atom is -0.479 e. The zero-order chi connectivity index (χ0) is 19.5. The summed E-state index contributed by atoms with van der Waals surface area (Å²) in [6.45, 7) is 1.79. The molecule has 0 aliphatic heterocycles. The van der Waals surface area contributed by atoms with E-state index in [4.69, 9.17) is 9.72 Å². The van der Waals surface area contributed by atoms with Crippen LogP contribution in [0.1, 0.15) is 13.3 Å². The third-order valence-electron chi connectivity index (χ3n) is 4.60. The van der Waals surface area contributed by atoms with Gasteiger partial charge < -0.3 is 9.84 Å². The van der Waals surface area contributed by atoms with Crippen molar-refractivity contribution in [3.8, 4) is 22.8 Å². The Labute approximate surface area is 162 Å². The van der Waals surface area contributed by atoms with Crippen molar-refractivity contribution in [2.75, 3.05) is 0 Å². The third kappa shape index (κ3) is 3.34. The Morgan fingerprint density at radius 1 is 1.04 bits per heavy atom. The number of carbonyl (C=O) groups is 1. The normalized spacial score (nSPS) is 12.0. The highest BCUT2D eigenvalue weighted by Gasteiger charge is 2.19. The number of hydrogen-bond acceptors (Lipinski definition) is 3. The summed E-state index contributed by atoms with van der Waals surface area (Å²) in [7, 11) is 0. The summed E-state index contributed by atoms with van der Waals surface area (Å²) in [4.78, 5) is 16.2. The Kier molecular flexibility index (Phi) is 4.81. The predicted molar refractivity (Wildman–Crippen MR) is 109 cm³/mol. The van der Waals surface area contributed by atoms with Gasteiger partial charge >= 0.3 is 5.97 Å². The monoisotopic (exact) mass is 372 g/mol. The van der Waals surface area contributed by atoms with Gasteiger partial charge in [-0.05, 0) is 30.7 Å². The molecule has 5 nitrogen and oxygen atoms in total. The van der Waals surface area contributed by atoms with E-state index in [1.54, 1.807) is 13.0 Å². The molecule has 0 saturated carbocycles. The zero-order valence-electron chi connectivity index (χ0n) is 15.4. The number of para-hydroxylation sites is 1. The highest BCUT2D eigenvalue weighted by molar-refractivity contribution is 5.84. The van der Waals surface area contributed by atoms with Crippen molar-refractivity contribution in [1.82, 2.24) is 9.55 Å². The summed E-state index contributed by atoms with van der Waals surface area (Å²) < 4.78 is 7.77. The maximum atomic E-state index is 11.3. The molecule has 0 spiro atoms. The van der Waals surface area contributed by atoms with Crippen molar-refractivity contribution in [1.29, 1.82) is 0 Å². The molecule has 1 unspecified atom stereocenters. The Hall–Kier alpha value is -3.60. The maximum absolute atomic E-state index is 11.3. The molecule has 0 amide bonds. The third-order valence-corrected chi connectivity index (χ3v) is 4.60. The molecule has 0 aliphatic carbocycles. The van der Waals surface area contributed by atoms with Crippen molar-refractivity contribution in [3.63, 3.8) is 0 Å². The van der Waals surface area contributed by atoms with Crippen LogP contribution in [-0.4, -0.2) is 26.7 Å². The van der Waals surface area contributed by atoms with Gasteiger partial charge in [-0.25, -0.2) is 9.78 Å². The second kappa shape index (κ2) is 7.56. The van der Waals surface area contributed by atoms with Crippen LogP contribution in [0.2, 0.25) is 0 Å². The van der Waals surface area contributed by atoms with Crippen LogP contribution in [0.15, 0.2) is 78.9 Å². The first kappa shape index (κ1) is 17.8. The first-order valence-electron chi connectivity index (χ1n) is 9.20. The van der Waals surface area contributed by atoms with Gasteiger partial charge in [-0.15, -0.1) is 0 Å². The number of rotatable bonds is 6. The van der Waals surface area contributed by atoms with Crippen LogP contribution in [0, 0.1) is 0 Å². The molecule has 4 rings (SSSR count). The van der Waals surface area contributed by atoms with Crippen molar-refractivity contribution in [2.45, 2.75) is 19.4 Å². The number of carboxylic acid groups (broad SMARTS) is 1. The number of aromatic nitrogens is 2. The molecule has 0 saturated heterocycles. The van der Waals surface area contributed by atoms with Gasteiger partial charge in [0.15, 0.2) is 6.10 Å². The quantitative estimate of drug-likeness (QED) is 0.521. The fourth-order valence-corrected chi connectivity index (χ4v) is 3.22. The van der Waals surface area contributed by atoms with Crippen LogP contribution < -0.4 is 4.74 Å². The van der Waals surface area contributed by atoms with Gasteiger partial charge in [0.2, 0.25) is 0 Å². The van der Waals surface area contributed by atoms with Gasteiger partial charge in [-0.1, -0.05) is 55.5 Å². The first-order chi connectivity index (χ1) is 13.7. The number of fused-ring (bicyclic) bond motifs is 1. The van der Waals surface area contributed by atoms with Gasteiger partial charge in [0.1, 0.15) is 11.6 Å². The lowest BCUT2D eigenvalue weighted by Crippen LogP contribution is -2.25. The topological polar surface area (TPSA) is 64.4 Å². The molecule has 5 heteroatoms. The lowest BCUT2D eigenvalue weighted by molar-refractivity contribution is -0.145. The average molecular weight is 372 g/mol. The second-order valence-electron chi connectivity index (χ2n) is 6.48. The van der Waals surface area contributed by atoms with Crippen molar-refractivity contribution in [2.24, 2.45) is 0 Å². The standard InChI is InChI=1S/C23H20N2O3/c1-2-21(23(26)27)28-18-13-14-19-20(15-18)25(17-11-7-4-8-12-17)22(24-19)16-9-5-3-6-10-16/h3-15,21H,2H2,1H3,(H,26,27). The molecular weight excluding hydrogens is 352 g/mol. The van der Waals surface area contributed by atoms with E-state index in [9.17, 15) is 9.90 Å². The van der Waals surface area contributed by atoms with E-state index in [0.717, 1.165) is 28.1 Å². The number of nitrogens with zero attached hydrogens (tertiary/aromatic N) is 2. The number of benzene rings is 3. The van der Waals surface area contributed by atoms with E-state index < -0.39 is 12.1 Å². The largest absolute Gasteiger partial charge is 0.479 e. The van der Waals surface area contributed by atoms with Crippen molar-refractivity contribution < 1.29 is 14.6 Å². The lowest BCUT2D eigenvalue weighted by atomic mass is 10.2. The van der Waals surface area contributed by atoms with Gasteiger partial charge in [0.25, 0.3) is 0 Å². The number of hydrogen-bond donors (Lipinski definition) is 1. The molecule has 0 bridgehead atoms. The number of aliphatic carboxylic acids is 1. The molecule has 28 heavy (non-hydrogen) atoms. The Morgan fingerprint density at radius 2 is 1.71 bits per heavy atom. The van der Waals surface area contributed by atoms with Crippen molar-refractivity contribution >= 4 is 17.0 Å². The van der Waals surface area contributed by atoms with Crippen LogP contribution in [-0.2, 0) is 4.79 Å². The van der Waals surface area contributed by atoms with E-state index in [1.165, 1.54) is 0 Å². The zero-order valence-corrected chi connectivity index (χ0v) is 15.4. The SMILES string of the molecule is CCC(Oc1ccc2nc(-c3ccccc3)n(-c3ccccc3)c2c1)C(=O)O. The number of imidazole rings is 1. The molecular formula is C23H20N2O3. The molecule has 0 aliphatic rings. The molecule has 1 atom stereocenters. The summed E-state index contributed by atoms with van der Waals surface area (Å²) in [6, 6.07) is 25.4. The fourth-order valence-electron chi connectivity index (χ4n) is 3.22. The predicted octanol–water partition coefficient (Wildman–Crippen LogP) is 4.93. The van der Waals surface area contributed by atoms with Gasteiger partial charge in [0.05, 0.1) is 11.0 Å². The summed E-state index contributed by atoms with van der Waals surface area (Å²) in [5, 5.41) is 9.29. The van der Waals surface area contributed by atoms with E-state index in [2.05, 4.69) is 4.57 Å². The molecule has 3 aromatic carbocycles. The Bertz CT molecular complexity index is 1100. The summed E-state index contributed by atoms with van der Waals surface area (Å²) in [5.41, 5.74) is 3.66. The van der Waals surface area contributed by atoms with Gasteiger partial charge in [-0.3, -0.25) is 4.57 Å². The van der Waals surface area contributed by atoms with Gasteiger partial charge in [-0.2, -0.15) is 0 Å². The summed E-state index contributed by atoms with van der Waals surface area (Å²) >= 11 is 0. The lowest BCUT2D eigenvalue weighted by Gasteiger charge is -2.14. The van der Waals surface area contributed by atoms with Gasteiger partial charge in [0, 0.05) is 17.3 Å².